The second-order valence-electron chi connectivity index (χ2n) is 26.7. The van der Waals surface area contributed by atoms with Crippen LogP contribution >= 0.6 is 7.82 Å². The molecule has 0 spiro atoms. The first-order valence-electron chi connectivity index (χ1n) is 37.4. The highest BCUT2D eigenvalue weighted by Crippen LogP contribution is 2.43. The lowest BCUT2D eigenvalue weighted by Crippen LogP contribution is -2.37. The van der Waals surface area contributed by atoms with Crippen LogP contribution in [0.1, 0.15) is 373 Å². The van der Waals surface area contributed by atoms with Crippen LogP contribution in [0.25, 0.3) is 0 Å². The summed E-state index contributed by atoms with van der Waals surface area (Å²) in [4.78, 5) is 35.9. The molecule has 0 aromatic heterocycles. The van der Waals surface area contributed by atoms with E-state index in [0.717, 1.165) is 44.9 Å². The first-order valence-corrected chi connectivity index (χ1v) is 38.9. The number of carbonyl (C=O) groups is 2. The normalized spacial score (nSPS) is 13.3. The van der Waals surface area contributed by atoms with Gasteiger partial charge in [0.15, 0.2) is 6.10 Å². The van der Waals surface area contributed by atoms with E-state index in [1.165, 1.54) is 295 Å². The molecule has 2 unspecified atom stereocenters. The summed E-state index contributed by atoms with van der Waals surface area (Å²) in [6, 6.07) is 0. The van der Waals surface area contributed by atoms with Gasteiger partial charge in [-0.3, -0.25) is 18.6 Å². The van der Waals surface area contributed by atoms with Gasteiger partial charge in [0.2, 0.25) is 0 Å². The van der Waals surface area contributed by atoms with Gasteiger partial charge in [-0.2, -0.15) is 0 Å². The van der Waals surface area contributed by atoms with Crippen LogP contribution in [0.5, 0.6) is 0 Å². The summed E-state index contributed by atoms with van der Waals surface area (Å²) in [5.41, 5.74) is 0. The van der Waals surface area contributed by atoms with E-state index in [9.17, 15) is 19.0 Å². The third kappa shape index (κ3) is 71.1. The zero-order chi connectivity index (χ0) is 62.6. The highest BCUT2D eigenvalue weighted by Gasteiger charge is 2.27. The molecule has 0 aliphatic rings. The zero-order valence-corrected chi connectivity index (χ0v) is 58.7. The Bertz CT molecular complexity index is 1590. The maximum Gasteiger partial charge on any atom is 0.472 e. The van der Waals surface area contributed by atoms with Crippen molar-refractivity contribution in [1.29, 1.82) is 0 Å². The van der Waals surface area contributed by atoms with E-state index in [0.29, 0.717) is 23.9 Å². The van der Waals surface area contributed by atoms with E-state index in [4.69, 9.17) is 18.5 Å². The Labute approximate surface area is 534 Å². The number of phosphoric ester groups is 1. The summed E-state index contributed by atoms with van der Waals surface area (Å²) in [5, 5.41) is 0. The van der Waals surface area contributed by atoms with Gasteiger partial charge in [0, 0.05) is 12.8 Å². The van der Waals surface area contributed by atoms with E-state index in [1.807, 2.05) is 21.1 Å². The first kappa shape index (κ1) is 84.0. The third-order valence-corrected chi connectivity index (χ3v) is 17.8. The van der Waals surface area contributed by atoms with Crippen molar-refractivity contribution in [3.63, 3.8) is 0 Å². The fraction of sp³-hybridized carbons (Fsp3) is 0.868. The predicted molar refractivity (Wildman–Crippen MR) is 372 cm³/mol. The molecule has 10 heteroatoms. The van der Waals surface area contributed by atoms with Gasteiger partial charge in [-0.25, -0.2) is 4.57 Å². The second-order valence-corrected chi connectivity index (χ2v) is 28.1. The molecule has 0 aliphatic heterocycles. The first-order chi connectivity index (χ1) is 42.0. The quantitative estimate of drug-likeness (QED) is 0.0211. The summed E-state index contributed by atoms with van der Waals surface area (Å²) >= 11 is 0. The van der Waals surface area contributed by atoms with Gasteiger partial charge in [-0.05, 0) is 77.0 Å². The molecular formula is C76H145NO8P+. The lowest BCUT2D eigenvalue weighted by molar-refractivity contribution is -0.870. The number of unbranched alkanes of at least 4 members (excludes halogenated alkanes) is 48. The topological polar surface area (TPSA) is 108 Å². The molecule has 0 aromatic rings. The van der Waals surface area contributed by atoms with Crippen LogP contribution < -0.4 is 0 Å². The number of phosphoric acid groups is 1. The van der Waals surface area contributed by atoms with Crippen molar-refractivity contribution in [2.45, 2.75) is 380 Å². The number of hydrogen-bond donors (Lipinski definition) is 1. The Hall–Kier alpha value is -2.03. The van der Waals surface area contributed by atoms with E-state index >= 15 is 0 Å². The van der Waals surface area contributed by atoms with Gasteiger partial charge < -0.3 is 18.9 Å². The molecule has 0 rings (SSSR count). The van der Waals surface area contributed by atoms with Gasteiger partial charge in [-0.1, -0.05) is 332 Å². The number of carbonyl (C=O) groups excluding carboxylic acids is 2. The number of likely N-dealkylation sites (N-methyl/N-ethyl adjacent to an activating group) is 1. The highest BCUT2D eigenvalue weighted by molar-refractivity contribution is 7.47. The number of allylic oxidation sites excluding steroid dienone is 8. The molecule has 0 saturated carbocycles. The minimum Gasteiger partial charge on any atom is -0.462 e. The van der Waals surface area contributed by atoms with Crippen molar-refractivity contribution in [3.8, 4) is 0 Å². The molecule has 0 radical (unpaired) electrons. The molecule has 0 aliphatic carbocycles. The number of nitrogens with zero attached hydrogens (tertiary/aromatic N) is 1. The molecule has 2 atom stereocenters. The van der Waals surface area contributed by atoms with E-state index in [-0.39, 0.29) is 25.6 Å². The highest BCUT2D eigenvalue weighted by atomic mass is 31.2. The van der Waals surface area contributed by atoms with Crippen LogP contribution in [0.2, 0.25) is 0 Å². The Kier molecular flexibility index (Phi) is 65.8. The molecule has 0 aromatic carbocycles. The van der Waals surface area contributed by atoms with Crippen LogP contribution in [0.4, 0.5) is 0 Å². The zero-order valence-electron chi connectivity index (χ0n) is 57.8. The Morgan fingerprint density at radius 3 is 0.919 bits per heavy atom. The molecular weight excluding hydrogens is 1090 g/mol. The van der Waals surface area contributed by atoms with Gasteiger partial charge in [0.25, 0.3) is 0 Å². The summed E-state index contributed by atoms with van der Waals surface area (Å²) in [6.07, 6.45) is 88.1. The Balaban J connectivity index is 3.96. The fourth-order valence-electron chi connectivity index (χ4n) is 11.1. The van der Waals surface area contributed by atoms with Crippen LogP contribution in [-0.4, -0.2) is 74.9 Å². The van der Waals surface area contributed by atoms with Crippen molar-refractivity contribution in [2.24, 2.45) is 0 Å². The van der Waals surface area contributed by atoms with Crippen LogP contribution in [-0.2, 0) is 32.7 Å². The van der Waals surface area contributed by atoms with Gasteiger partial charge in [0.1, 0.15) is 19.8 Å². The molecule has 0 fully saturated rings. The minimum absolute atomic E-state index is 0.0340. The van der Waals surface area contributed by atoms with Crippen LogP contribution in [0.15, 0.2) is 48.6 Å². The van der Waals surface area contributed by atoms with Crippen molar-refractivity contribution in [1.82, 2.24) is 0 Å². The van der Waals surface area contributed by atoms with Crippen molar-refractivity contribution < 1.29 is 42.1 Å². The summed E-state index contributed by atoms with van der Waals surface area (Å²) in [6.45, 7) is 4.48. The lowest BCUT2D eigenvalue weighted by atomic mass is 10.0. The average molecular weight is 1230 g/mol. The van der Waals surface area contributed by atoms with Crippen molar-refractivity contribution in [2.75, 3.05) is 47.5 Å². The minimum atomic E-state index is -4.39. The largest absolute Gasteiger partial charge is 0.472 e. The fourth-order valence-corrected chi connectivity index (χ4v) is 11.8. The number of hydrogen-bond acceptors (Lipinski definition) is 7. The van der Waals surface area contributed by atoms with Crippen molar-refractivity contribution in [3.05, 3.63) is 48.6 Å². The summed E-state index contributed by atoms with van der Waals surface area (Å²) in [5.74, 6) is -0.776. The Morgan fingerprint density at radius 1 is 0.360 bits per heavy atom. The number of quaternary nitrogens is 1. The predicted octanol–water partition coefficient (Wildman–Crippen LogP) is 24.4. The van der Waals surface area contributed by atoms with E-state index in [2.05, 4.69) is 62.5 Å². The monoisotopic (exact) mass is 1230 g/mol. The maximum absolute atomic E-state index is 12.9. The molecule has 506 valence electrons. The van der Waals surface area contributed by atoms with Crippen LogP contribution in [0.3, 0.4) is 0 Å². The standard InChI is InChI=1S/C76H144NO8P/c1-6-8-10-12-14-16-18-20-22-24-26-28-30-32-34-36-37-38-39-41-43-45-47-49-51-53-55-57-59-61-63-65-67-69-76(79)85-74(73-84-86(80,81)83-71-70-77(3,4)5)72-82-75(78)68-66-64-62-60-58-56-54-52-50-48-46-44-42-40-35-33-31-29-27-25-23-21-19-17-15-13-11-9-7-2/h18-21,24-27,74H,6-17,22-23,28-73H2,1-5H3/p+1/b20-18-,21-19-,26-24-,27-25-. The third-order valence-electron chi connectivity index (χ3n) is 16.8. The number of esters is 2. The summed E-state index contributed by atoms with van der Waals surface area (Å²) < 4.78 is 34.8. The van der Waals surface area contributed by atoms with Crippen LogP contribution in [0, 0.1) is 0 Å². The molecule has 0 heterocycles. The van der Waals surface area contributed by atoms with E-state index in [1.54, 1.807) is 0 Å². The maximum atomic E-state index is 12.9. The lowest BCUT2D eigenvalue weighted by Gasteiger charge is -2.24. The second kappa shape index (κ2) is 67.4. The molecule has 0 amide bonds. The average Bonchev–Trinajstić information content (AvgIpc) is 3.70. The van der Waals surface area contributed by atoms with Gasteiger partial charge >= 0.3 is 19.8 Å². The molecule has 9 nitrogen and oxygen atoms in total. The van der Waals surface area contributed by atoms with Gasteiger partial charge in [0.05, 0.1) is 27.7 Å². The molecule has 0 saturated heterocycles. The van der Waals surface area contributed by atoms with Gasteiger partial charge in [-0.15, -0.1) is 0 Å². The number of ether oxygens (including phenoxy) is 2. The molecule has 1 N–H and O–H groups in total. The SMILES string of the molecule is CCCCCCC/C=C\C/C=C\CCCCCCCCCCCCCCCCCCCCCCCC(=O)OC(COC(=O)CCCCCCCCCCCCCCCCCCC/C=C\C/C=C\CCCCCCC)COP(=O)(O)OCC[N+](C)(C)C. The number of rotatable bonds is 70. The molecule has 0 bridgehead atoms. The Morgan fingerprint density at radius 2 is 0.628 bits per heavy atom. The van der Waals surface area contributed by atoms with E-state index < -0.39 is 26.5 Å². The molecule has 86 heavy (non-hydrogen) atoms. The van der Waals surface area contributed by atoms with Crippen molar-refractivity contribution >= 4 is 19.8 Å². The summed E-state index contributed by atoms with van der Waals surface area (Å²) in [7, 11) is 1.50. The smallest absolute Gasteiger partial charge is 0.462 e.